The molecule has 1 aromatic heterocycles. The summed E-state index contributed by atoms with van der Waals surface area (Å²) in [7, 11) is 2.21. The van der Waals surface area contributed by atoms with Crippen molar-refractivity contribution in [1.82, 2.24) is 9.88 Å². The lowest BCUT2D eigenvalue weighted by Gasteiger charge is -2.33. The predicted octanol–water partition coefficient (Wildman–Crippen LogP) is 3.13. The number of pyridine rings is 1. The van der Waals surface area contributed by atoms with Crippen molar-refractivity contribution in [2.75, 3.05) is 38.2 Å². The summed E-state index contributed by atoms with van der Waals surface area (Å²) >= 11 is 3.61. The molecule has 0 amide bonds. The number of aryl methyl sites for hydroxylation is 1. The normalized spacial score (nSPS) is 25.1. The highest BCUT2D eigenvalue weighted by molar-refractivity contribution is 9.10. The van der Waals surface area contributed by atoms with Crippen molar-refractivity contribution in [2.24, 2.45) is 0 Å². The number of hydrogen-bond donors (Lipinski definition) is 0. The molecule has 0 bridgehead atoms. The molecule has 2 aromatic rings. The summed E-state index contributed by atoms with van der Waals surface area (Å²) < 4.78 is 7.12. The van der Waals surface area contributed by atoms with Crippen LogP contribution in [-0.4, -0.2) is 55.3 Å². The molecule has 0 saturated carbocycles. The van der Waals surface area contributed by atoms with Gasteiger partial charge in [-0.1, -0.05) is 15.9 Å². The molecule has 4 rings (SSSR count). The Morgan fingerprint density at radius 2 is 2.09 bits per heavy atom. The third kappa shape index (κ3) is 2.55. The molecule has 2 unspecified atom stereocenters. The van der Waals surface area contributed by atoms with Crippen molar-refractivity contribution in [3.63, 3.8) is 0 Å². The predicted molar refractivity (Wildman–Crippen MR) is 97.3 cm³/mol. The second-order valence-corrected chi connectivity index (χ2v) is 7.61. The van der Waals surface area contributed by atoms with Crippen molar-refractivity contribution in [3.05, 3.63) is 33.9 Å². The third-order valence-electron chi connectivity index (χ3n) is 5.30. The number of aromatic nitrogens is 1. The van der Waals surface area contributed by atoms with Gasteiger partial charge in [-0.25, -0.2) is 0 Å². The minimum absolute atomic E-state index is 0.309. The maximum Gasteiger partial charge on any atom is 0.0922 e. The van der Waals surface area contributed by atoms with Gasteiger partial charge in [0.25, 0.3) is 0 Å². The van der Waals surface area contributed by atoms with Crippen molar-refractivity contribution in [2.45, 2.75) is 26.0 Å². The molecule has 0 N–H and O–H groups in total. The number of anilines is 1. The fourth-order valence-corrected chi connectivity index (χ4v) is 4.24. The first-order valence-corrected chi connectivity index (χ1v) is 8.97. The maximum atomic E-state index is 6.02. The molecule has 122 valence electrons. The Balaban J connectivity index is 1.82. The average molecular weight is 376 g/mol. The van der Waals surface area contributed by atoms with Crippen LogP contribution in [0.5, 0.6) is 0 Å². The van der Waals surface area contributed by atoms with Gasteiger partial charge >= 0.3 is 0 Å². The van der Waals surface area contributed by atoms with Crippen molar-refractivity contribution in [1.29, 1.82) is 0 Å². The lowest BCUT2D eigenvalue weighted by molar-refractivity contribution is -0.0362. The number of halogens is 1. The van der Waals surface area contributed by atoms with E-state index in [1.54, 1.807) is 0 Å². The van der Waals surface area contributed by atoms with E-state index in [-0.39, 0.29) is 0 Å². The van der Waals surface area contributed by atoms with Gasteiger partial charge in [-0.05, 0) is 44.7 Å². The Morgan fingerprint density at radius 1 is 1.26 bits per heavy atom. The van der Waals surface area contributed by atoms with Crippen LogP contribution in [0.4, 0.5) is 5.69 Å². The number of morpholine rings is 1. The molecule has 3 heterocycles. The van der Waals surface area contributed by atoms with Gasteiger partial charge in [-0.15, -0.1) is 0 Å². The van der Waals surface area contributed by atoms with Crippen LogP contribution in [0, 0.1) is 13.8 Å². The Morgan fingerprint density at radius 3 is 2.87 bits per heavy atom. The second-order valence-electron chi connectivity index (χ2n) is 6.69. The number of ether oxygens (including phenoxy) is 1. The average Bonchev–Trinajstić information content (AvgIpc) is 2.94. The largest absolute Gasteiger partial charge is 0.373 e. The maximum absolute atomic E-state index is 6.02. The van der Waals surface area contributed by atoms with Crippen LogP contribution in [0.2, 0.25) is 0 Å². The summed E-state index contributed by atoms with van der Waals surface area (Å²) in [5.41, 5.74) is 4.77. The van der Waals surface area contributed by atoms with Crippen LogP contribution in [0.25, 0.3) is 10.9 Å². The number of fused-ring (bicyclic) bond motifs is 2. The molecule has 2 aliphatic heterocycles. The first-order valence-electron chi connectivity index (χ1n) is 8.18. The van der Waals surface area contributed by atoms with Gasteiger partial charge in [0.1, 0.15) is 0 Å². The summed E-state index contributed by atoms with van der Waals surface area (Å²) in [4.78, 5) is 9.70. The first kappa shape index (κ1) is 15.4. The van der Waals surface area contributed by atoms with Gasteiger partial charge in [0.05, 0.1) is 30.0 Å². The molecule has 0 radical (unpaired) electrons. The monoisotopic (exact) mass is 375 g/mol. The minimum Gasteiger partial charge on any atom is -0.373 e. The summed E-state index contributed by atoms with van der Waals surface area (Å²) in [6, 6.07) is 6.84. The van der Waals surface area contributed by atoms with E-state index in [2.05, 4.69) is 64.8 Å². The third-order valence-corrected chi connectivity index (χ3v) is 5.79. The van der Waals surface area contributed by atoms with Crippen LogP contribution >= 0.6 is 15.9 Å². The van der Waals surface area contributed by atoms with E-state index < -0.39 is 0 Å². The van der Waals surface area contributed by atoms with Gasteiger partial charge in [-0.3, -0.25) is 9.88 Å². The zero-order valence-corrected chi connectivity index (χ0v) is 15.4. The molecular weight excluding hydrogens is 354 g/mol. The highest BCUT2D eigenvalue weighted by atomic mass is 79.9. The first-order chi connectivity index (χ1) is 11.0. The van der Waals surface area contributed by atoms with E-state index in [4.69, 9.17) is 9.72 Å². The topological polar surface area (TPSA) is 28.6 Å². The van der Waals surface area contributed by atoms with Crippen LogP contribution in [0.15, 0.2) is 22.7 Å². The molecule has 2 fully saturated rings. The zero-order chi connectivity index (χ0) is 16.1. The summed E-state index contributed by atoms with van der Waals surface area (Å²) in [6.07, 6.45) is 0.309. The molecule has 0 aliphatic carbocycles. The lowest BCUT2D eigenvalue weighted by Crippen LogP contribution is -2.48. The van der Waals surface area contributed by atoms with Gasteiger partial charge < -0.3 is 9.64 Å². The number of likely N-dealkylation sites (N-methyl/N-ethyl adjacent to an activating group) is 1. The summed E-state index contributed by atoms with van der Waals surface area (Å²) in [5.74, 6) is 0. The lowest BCUT2D eigenvalue weighted by atomic mass is 10.1. The second kappa shape index (κ2) is 5.72. The van der Waals surface area contributed by atoms with Crippen molar-refractivity contribution in [3.8, 4) is 0 Å². The zero-order valence-electron chi connectivity index (χ0n) is 13.8. The molecule has 23 heavy (non-hydrogen) atoms. The number of benzene rings is 1. The van der Waals surface area contributed by atoms with Crippen LogP contribution in [-0.2, 0) is 4.74 Å². The molecule has 4 nitrogen and oxygen atoms in total. The Kier molecular flexibility index (Phi) is 3.82. The molecule has 5 heteroatoms. The fourth-order valence-electron chi connectivity index (χ4n) is 3.88. The van der Waals surface area contributed by atoms with Crippen molar-refractivity contribution >= 4 is 32.5 Å². The van der Waals surface area contributed by atoms with E-state index in [0.717, 1.165) is 41.9 Å². The van der Waals surface area contributed by atoms with Gasteiger partial charge in [0, 0.05) is 35.2 Å². The highest BCUT2D eigenvalue weighted by Gasteiger charge is 2.39. The molecule has 0 spiro atoms. The summed E-state index contributed by atoms with van der Waals surface area (Å²) in [6.45, 7) is 8.13. The molecule has 2 aliphatic rings. The van der Waals surface area contributed by atoms with Gasteiger partial charge in [0.2, 0.25) is 0 Å². The van der Waals surface area contributed by atoms with E-state index in [9.17, 15) is 0 Å². The number of rotatable bonds is 1. The minimum atomic E-state index is 0.309. The number of nitrogens with zero attached hydrogens (tertiary/aromatic N) is 3. The Hall–Kier alpha value is -1.17. The smallest absolute Gasteiger partial charge is 0.0922 e. The van der Waals surface area contributed by atoms with E-state index >= 15 is 0 Å². The number of hydrogen-bond acceptors (Lipinski definition) is 4. The van der Waals surface area contributed by atoms with E-state index in [1.165, 1.54) is 16.6 Å². The summed E-state index contributed by atoms with van der Waals surface area (Å²) in [5, 5.41) is 1.23. The van der Waals surface area contributed by atoms with Crippen LogP contribution < -0.4 is 4.90 Å². The molecule has 2 saturated heterocycles. The Labute approximate surface area is 145 Å². The highest BCUT2D eigenvalue weighted by Crippen LogP contribution is 2.36. The van der Waals surface area contributed by atoms with Crippen LogP contribution in [0.3, 0.4) is 0 Å². The Bertz CT molecular complexity index is 764. The quantitative estimate of drug-likeness (QED) is 0.765. The SMILES string of the molecule is Cc1nc2ccc(Br)cc2c(N2CC3OCCN(C)C3C2)c1C. The van der Waals surface area contributed by atoms with Crippen molar-refractivity contribution < 1.29 is 4.74 Å². The van der Waals surface area contributed by atoms with Gasteiger partial charge in [0.15, 0.2) is 0 Å². The van der Waals surface area contributed by atoms with Gasteiger partial charge in [-0.2, -0.15) is 0 Å². The van der Waals surface area contributed by atoms with E-state index in [0.29, 0.717) is 12.1 Å². The molecular formula is C18H22BrN3O. The van der Waals surface area contributed by atoms with Crippen LogP contribution in [0.1, 0.15) is 11.3 Å². The fraction of sp³-hybridized carbons (Fsp3) is 0.500. The van der Waals surface area contributed by atoms with E-state index in [1.807, 2.05) is 0 Å². The molecule has 2 atom stereocenters. The standard InChI is InChI=1S/C18H22BrN3O/c1-11-12(2)20-15-5-4-13(19)8-14(15)18(11)22-9-16-17(10-22)23-7-6-21(16)3/h4-5,8,16-17H,6-7,9-10H2,1-3H3. The molecule has 1 aromatic carbocycles.